The molecule has 5 nitrogen and oxygen atoms in total. The van der Waals surface area contributed by atoms with E-state index in [9.17, 15) is 4.79 Å². The molecular weight excluding hydrogens is 344 g/mol. The van der Waals surface area contributed by atoms with Crippen LogP contribution < -0.4 is 5.32 Å². The van der Waals surface area contributed by atoms with E-state index in [4.69, 9.17) is 5.10 Å². The van der Waals surface area contributed by atoms with Crippen LogP contribution in [-0.2, 0) is 6.54 Å². The average Bonchev–Trinajstić information content (AvgIpc) is 3.40. The number of hydrogen-bond acceptors (Lipinski definition) is 4. The molecule has 0 unspecified atom stereocenters. The molecule has 134 valence electrons. The summed E-state index contributed by atoms with van der Waals surface area (Å²) in [7, 11) is 0. The number of rotatable bonds is 5. The van der Waals surface area contributed by atoms with Crippen LogP contribution in [0.1, 0.15) is 52.7 Å². The van der Waals surface area contributed by atoms with Gasteiger partial charge in [0.15, 0.2) is 0 Å². The minimum absolute atomic E-state index is 0.0380. The van der Waals surface area contributed by atoms with Gasteiger partial charge in [0.1, 0.15) is 0 Å². The zero-order valence-corrected chi connectivity index (χ0v) is 15.6. The molecule has 1 saturated carbocycles. The van der Waals surface area contributed by atoms with Crippen molar-refractivity contribution < 1.29 is 4.79 Å². The van der Waals surface area contributed by atoms with Gasteiger partial charge in [0.25, 0.3) is 5.91 Å². The third kappa shape index (κ3) is 3.55. The Labute approximate surface area is 157 Å². The topological polar surface area (TPSA) is 59.8 Å². The maximum absolute atomic E-state index is 12.3. The zero-order chi connectivity index (χ0) is 17.9. The van der Waals surface area contributed by atoms with Gasteiger partial charge in [-0.25, -0.2) is 0 Å². The van der Waals surface area contributed by atoms with Crippen molar-refractivity contribution in [3.63, 3.8) is 0 Å². The van der Waals surface area contributed by atoms with E-state index in [1.165, 1.54) is 37.0 Å². The summed E-state index contributed by atoms with van der Waals surface area (Å²) >= 11 is 1.47. The Morgan fingerprint density at radius 1 is 1.27 bits per heavy atom. The molecule has 0 aromatic carbocycles. The summed E-state index contributed by atoms with van der Waals surface area (Å²) in [5, 5.41) is 9.81. The summed E-state index contributed by atoms with van der Waals surface area (Å²) in [6.45, 7) is 2.44. The minimum Gasteiger partial charge on any atom is -0.346 e. The van der Waals surface area contributed by atoms with Crippen molar-refractivity contribution in [2.24, 2.45) is 0 Å². The number of carbonyl (C=O) groups excluding carboxylic acids is 1. The lowest BCUT2D eigenvalue weighted by Gasteiger charge is -2.14. The first-order chi connectivity index (χ1) is 12.7. The number of aromatic nitrogens is 3. The Kier molecular flexibility index (Phi) is 4.84. The Balaban J connectivity index is 1.55. The molecule has 0 radical (unpaired) electrons. The summed E-state index contributed by atoms with van der Waals surface area (Å²) in [6, 6.07) is 8.48. The molecule has 1 N–H and O–H groups in total. The summed E-state index contributed by atoms with van der Waals surface area (Å²) in [6.07, 6.45) is 8.46. The van der Waals surface area contributed by atoms with Crippen LogP contribution in [0.5, 0.6) is 0 Å². The smallest absolute Gasteiger partial charge is 0.261 e. The van der Waals surface area contributed by atoms with Crippen LogP contribution in [0.25, 0.3) is 11.3 Å². The SMILES string of the molecule is Cc1csc(C(=O)NCc2cc(-c3ccncc3)n(C3CCCC3)n2)c1. The van der Waals surface area contributed by atoms with Gasteiger partial charge in [0.05, 0.1) is 28.9 Å². The number of hydrogen-bond donors (Lipinski definition) is 1. The second-order valence-electron chi connectivity index (χ2n) is 6.81. The zero-order valence-electron chi connectivity index (χ0n) is 14.8. The van der Waals surface area contributed by atoms with Crippen LogP contribution in [0.15, 0.2) is 42.0 Å². The van der Waals surface area contributed by atoms with Gasteiger partial charge in [-0.05, 0) is 55.0 Å². The highest BCUT2D eigenvalue weighted by Gasteiger charge is 2.22. The Hall–Kier alpha value is -2.47. The predicted molar refractivity (Wildman–Crippen MR) is 103 cm³/mol. The van der Waals surface area contributed by atoms with Crippen LogP contribution >= 0.6 is 11.3 Å². The normalized spacial score (nSPS) is 14.7. The summed E-state index contributed by atoms with van der Waals surface area (Å²) in [5.41, 5.74) is 4.23. The molecule has 26 heavy (non-hydrogen) atoms. The lowest BCUT2D eigenvalue weighted by atomic mass is 10.1. The lowest BCUT2D eigenvalue weighted by Crippen LogP contribution is -2.22. The van der Waals surface area contributed by atoms with Crippen molar-refractivity contribution in [3.05, 3.63) is 58.2 Å². The third-order valence-corrected chi connectivity index (χ3v) is 5.86. The van der Waals surface area contributed by atoms with Crippen LogP contribution in [0.3, 0.4) is 0 Å². The molecule has 0 spiro atoms. The number of amides is 1. The molecule has 0 aliphatic heterocycles. The molecular formula is C20H22N4OS. The molecule has 3 heterocycles. The lowest BCUT2D eigenvalue weighted by molar-refractivity contribution is 0.0954. The van der Waals surface area contributed by atoms with Gasteiger partial charge >= 0.3 is 0 Å². The van der Waals surface area contributed by atoms with Gasteiger partial charge in [-0.1, -0.05) is 12.8 Å². The Morgan fingerprint density at radius 3 is 2.73 bits per heavy atom. The highest BCUT2D eigenvalue weighted by molar-refractivity contribution is 7.12. The fourth-order valence-electron chi connectivity index (χ4n) is 3.51. The molecule has 1 aliphatic rings. The van der Waals surface area contributed by atoms with Gasteiger partial charge in [-0.3, -0.25) is 14.5 Å². The molecule has 4 rings (SSSR count). The van der Waals surface area contributed by atoms with Crippen LogP contribution in [0.4, 0.5) is 0 Å². The van der Waals surface area contributed by atoms with Crippen molar-refractivity contribution >= 4 is 17.2 Å². The second kappa shape index (κ2) is 7.41. The maximum Gasteiger partial charge on any atom is 0.261 e. The van der Waals surface area contributed by atoms with E-state index in [2.05, 4.69) is 21.0 Å². The summed E-state index contributed by atoms with van der Waals surface area (Å²) in [4.78, 5) is 17.2. The maximum atomic E-state index is 12.3. The van der Waals surface area contributed by atoms with Crippen molar-refractivity contribution in [2.75, 3.05) is 0 Å². The van der Waals surface area contributed by atoms with Gasteiger partial charge in [-0.2, -0.15) is 5.10 Å². The van der Waals surface area contributed by atoms with Gasteiger partial charge in [-0.15, -0.1) is 11.3 Å². The van der Waals surface area contributed by atoms with Gasteiger partial charge in [0, 0.05) is 18.0 Å². The van der Waals surface area contributed by atoms with Crippen LogP contribution in [0, 0.1) is 6.92 Å². The highest BCUT2D eigenvalue weighted by atomic mass is 32.1. The average molecular weight is 366 g/mol. The van der Waals surface area contributed by atoms with Crippen molar-refractivity contribution in [1.29, 1.82) is 0 Å². The van der Waals surface area contributed by atoms with E-state index >= 15 is 0 Å². The molecule has 3 aromatic heterocycles. The monoisotopic (exact) mass is 366 g/mol. The van der Waals surface area contributed by atoms with E-state index in [0.29, 0.717) is 12.6 Å². The predicted octanol–water partition coefficient (Wildman–Crippen LogP) is 4.36. The molecule has 1 amide bonds. The Morgan fingerprint density at radius 2 is 2.04 bits per heavy atom. The second-order valence-corrected chi connectivity index (χ2v) is 7.72. The summed E-state index contributed by atoms with van der Waals surface area (Å²) in [5.74, 6) is -0.0380. The first-order valence-electron chi connectivity index (χ1n) is 9.03. The largest absolute Gasteiger partial charge is 0.346 e. The number of carbonyl (C=O) groups is 1. The minimum atomic E-state index is -0.0380. The van der Waals surface area contributed by atoms with E-state index in [-0.39, 0.29) is 5.91 Å². The van der Waals surface area contributed by atoms with Crippen LogP contribution in [-0.4, -0.2) is 20.7 Å². The van der Waals surface area contributed by atoms with Gasteiger partial charge in [0.2, 0.25) is 0 Å². The van der Waals surface area contributed by atoms with E-state index < -0.39 is 0 Å². The van der Waals surface area contributed by atoms with E-state index in [1.54, 1.807) is 0 Å². The number of thiophene rings is 1. The van der Waals surface area contributed by atoms with Crippen molar-refractivity contribution in [3.8, 4) is 11.3 Å². The molecule has 0 bridgehead atoms. The molecule has 0 saturated heterocycles. The first kappa shape index (κ1) is 17.0. The number of nitrogens with zero attached hydrogens (tertiary/aromatic N) is 3. The standard InChI is InChI=1S/C20H22N4OS/c1-14-10-19(26-13-14)20(25)22-12-16-11-18(15-6-8-21-9-7-15)24(23-16)17-4-2-3-5-17/h6-11,13,17H,2-5,12H2,1H3,(H,22,25). The highest BCUT2D eigenvalue weighted by Crippen LogP contribution is 2.33. The van der Waals surface area contributed by atoms with Crippen molar-refractivity contribution in [2.45, 2.75) is 45.2 Å². The van der Waals surface area contributed by atoms with E-state index in [0.717, 1.165) is 27.4 Å². The molecule has 6 heteroatoms. The fraction of sp³-hybridized carbons (Fsp3) is 0.350. The van der Waals surface area contributed by atoms with Gasteiger partial charge < -0.3 is 5.32 Å². The molecule has 1 aliphatic carbocycles. The molecule has 3 aromatic rings. The first-order valence-corrected chi connectivity index (χ1v) is 9.91. The van der Waals surface area contributed by atoms with E-state index in [1.807, 2.05) is 42.9 Å². The number of pyridine rings is 1. The van der Waals surface area contributed by atoms with Crippen LogP contribution in [0.2, 0.25) is 0 Å². The quantitative estimate of drug-likeness (QED) is 0.730. The number of aryl methyl sites for hydroxylation is 1. The third-order valence-electron chi connectivity index (χ3n) is 4.82. The summed E-state index contributed by atoms with van der Waals surface area (Å²) < 4.78 is 2.15. The fourth-order valence-corrected chi connectivity index (χ4v) is 4.32. The van der Waals surface area contributed by atoms with Crippen molar-refractivity contribution in [1.82, 2.24) is 20.1 Å². The Bertz CT molecular complexity index is 894. The molecule has 1 fully saturated rings. The molecule has 0 atom stereocenters. The number of nitrogens with one attached hydrogen (secondary N) is 1.